The normalized spacial score (nSPS) is 32.5. The number of hydrogen-bond donors (Lipinski definition) is 2. The number of amides is 2. The second-order valence-corrected chi connectivity index (χ2v) is 4.26. The fourth-order valence-corrected chi connectivity index (χ4v) is 2.16. The van der Waals surface area contributed by atoms with Crippen LogP contribution in [0.1, 0.15) is 19.3 Å². The monoisotopic (exact) mass is 211 g/mol. The van der Waals surface area contributed by atoms with E-state index in [2.05, 4.69) is 10.6 Å². The van der Waals surface area contributed by atoms with Gasteiger partial charge in [-0.2, -0.15) is 0 Å². The molecule has 0 saturated carbocycles. The largest absolute Gasteiger partial charge is 0.315 e. The molecule has 0 bridgehead atoms. The lowest BCUT2D eigenvalue weighted by Gasteiger charge is -2.26. The molecule has 2 rings (SSSR count). The van der Waals surface area contributed by atoms with Crippen molar-refractivity contribution in [2.24, 2.45) is 0 Å². The molecule has 0 aromatic rings. The summed E-state index contributed by atoms with van der Waals surface area (Å²) in [7, 11) is 1.55. The van der Waals surface area contributed by atoms with E-state index in [-0.39, 0.29) is 17.9 Å². The molecule has 5 heteroatoms. The van der Waals surface area contributed by atoms with Crippen molar-refractivity contribution in [2.45, 2.75) is 31.3 Å². The molecule has 2 aliphatic heterocycles. The summed E-state index contributed by atoms with van der Waals surface area (Å²) in [5, 5.41) is 6.53. The highest BCUT2D eigenvalue weighted by Gasteiger charge is 2.36. The van der Waals surface area contributed by atoms with E-state index in [0.717, 1.165) is 25.9 Å². The van der Waals surface area contributed by atoms with Crippen LogP contribution in [-0.4, -0.2) is 48.9 Å². The van der Waals surface area contributed by atoms with Crippen molar-refractivity contribution in [1.29, 1.82) is 0 Å². The van der Waals surface area contributed by atoms with Gasteiger partial charge in [0.2, 0.25) is 11.8 Å². The van der Waals surface area contributed by atoms with Crippen LogP contribution in [0, 0.1) is 0 Å². The van der Waals surface area contributed by atoms with Crippen molar-refractivity contribution in [2.75, 3.05) is 20.1 Å². The second-order valence-electron chi connectivity index (χ2n) is 4.26. The van der Waals surface area contributed by atoms with Gasteiger partial charge in [0, 0.05) is 19.6 Å². The van der Waals surface area contributed by atoms with Gasteiger partial charge in [-0.05, 0) is 19.4 Å². The molecule has 2 aliphatic rings. The minimum Gasteiger partial charge on any atom is -0.315 e. The number of likely N-dealkylation sites (N-methyl/N-ethyl adjacent to an activating group) is 1. The predicted molar refractivity (Wildman–Crippen MR) is 55.2 cm³/mol. The fraction of sp³-hybridized carbons (Fsp3) is 0.800. The molecule has 0 aromatic carbocycles. The Morgan fingerprint density at radius 1 is 1.47 bits per heavy atom. The maximum atomic E-state index is 11.6. The highest BCUT2D eigenvalue weighted by molar-refractivity contribution is 6.05. The lowest BCUT2D eigenvalue weighted by atomic mass is 10.1. The SMILES string of the molecule is CN1C(=O)CC(NC2CCCNC2)C1=O. The van der Waals surface area contributed by atoms with E-state index in [4.69, 9.17) is 0 Å². The Bertz CT molecular complexity index is 274. The summed E-state index contributed by atoms with van der Waals surface area (Å²) in [4.78, 5) is 24.1. The number of imide groups is 1. The van der Waals surface area contributed by atoms with Crippen LogP contribution >= 0.6 is 0 Å². The van der Waals surface area contributed by atoms with Crippen LogP contribution in [0.2, 0.25) is 0 Å². The summed E-state index contributed by atoms with van der Waals surface area (Å²) in [5.74, 6) is -0.174. The third-order valence-electron chi connectivity index (χ3n) is 3.12. The van der Waals surface area contributed by atoms with Crippen molar-refractivity contribution in [1.82, 2.24) is 15.5 Å². The van der Waals surface area contributed by atoms with Gasteiger partial charge in [0.1, 0.15) is 0 Å². The van der Waals surface area contributed by atoms with Crippen molar-refractivity contribution in [3.8, 4) is 0 Å². The molecule has 5 nitrogen and oxygen atoms in total. The summed E-state index contributed by atoms with van der Waals surface area (Å²) in [6.45, 7) is 1.94. The van der Waals surface area contributed by atoms with Crippen molar-refractivity contribution < 1.29 is 9.59 Å². The van der Waals surface area contributed by atoms with Gasteiger partial charge in [-0.1, -0.05) is 0 Å². The highest BCUT2D eigenvalue weighted by Crippen LogP contribution is 2.13. The average molecular weight is 211 g/mol. The Hall–Kier alpha value is -0.940. The van der Waals surface area contributed by atoms with Gasteiger partial charge in [0.25, 0.3) is 0 Å². The van der Waals surface area contributed by atoms with E-state index in [0.29, 0.717) is 12.5 Å². The minimum absolute atomic E-state index is 0.0822. The van der Waals surface area contributed by atoms with Gasteiger partial charge in [0.15, 0.2) is 0 Å². The van der Waals surface area contributed by atoms with Crippen LogP contribution in [0.5, 0.6) is 0 Å². The maximum Gasteiger partial charge on any atom is 0.246 e. The zero-order chi connectivity index (χ0) is 10.8. The van der Waals surface area contributed by atoms with Crippen LogP contribution in [0.3, 0.4) is 0 Å². The zero-order valence-corrected chi connectivity index (χ0v) is 8.95. The topological polar surface area (TPSA) is 61.4 Å². The molecule has 2 unspecified atom stereocenters. The first-order chi connectivity index (χ1) is 7.18. The Morgan fingerprint density at radius 3 is 2.80 bits per heavy atom. The van der Waals surface area contributed by atoms with Gasteiger partial charge in [0.05, 0.1) is 12.5 Å². The van der Waals surface area contributed by atoms with E-state index in [1.165, 1.54) is 4.90 Å². The fourth-order valence-electron chi connectivity index (χ4n) is 2.16. The predicted octanol–water partition coefficient (Wildman–Crippen LogP) is -0.915. The van der Waals surface area contributed by atoms with Gasteiger partial charge < -0.3 is 10.6 Å². The average Bonchev–Trinajstić information content (AvgIpc) is 2.48. The molecule has 2 fully saturated rings. The van der Waals surface area contributed by atoms with Gasteiger partial charge >= 0.3 is 0 Å². The molecule has 2 N–H and O–H groups in total. The zero-order valence-electron chi connectivity index (χ0n) is 8.95. The third-order valence-corrected chi connectivity index (χ3v) is 3.12. The molecule has 0 aromatic heterocycles. The van der Waals surface area contributed by atoms with Crippen LogP contribution < -0.4 is 10.6 Å². The number of rotatable bonds is 2. The highest BCUT2D eigenvalue weighted by atomic mass is 16.2. The molecule has 84 valence electrons. The number of nitrogens with one attached hydrogen (secondary N) is 2. The van der Waals surface area contributed by atoms with Crippen LogP contribution in [0.25, 0.3) is 0 Å². The smallest absolute Gasteiger partial charge is 0.246 e. The lowest BCUT2D eigenvalue weighted by Crippen LogP contribution is -2.49. The quantitative estimate of drug-likeness (QED) is 0.580. The Labute approximate surface area is 89.2 Å². The molecule has 0 spiro atoms. The molecular weight excluding hydrogens is 194 g/mol. The molecule has 0 aliphatic carbocycles. The molecule has 0 radical (unpaired) electrons. The van der Waals surface area contributed by atoms with E-state index < -0.39 is 0 Å². The molecule has 2 saturated heterocycles. The van der Waals surface area contributed by atoms with Crippen LogP contribution in [0.15, 0.2) is 0 Å². The molecular formula is C10H17N3O2. The summed E-state index contributed by atoms with van der Waals surface area (Å²) in [6.07, 6.45) is 2.52. The van der Waals surface area contributed by atoms with E-state index in [1.54, 1.807) is 7.05 Å². The number of likely N-dealkylation sites (tertiary alicyclic amines) is 1. The first kappa shape index (κ1) is 10.6. The second kappa shape index (κ2) is 4.28. The van der Waals surface area contributed by atoms with Crippen molar-refractivity contribution >= 4 is 11.8 Å². The first-order valence-electron chi connectivity index (χ1n) is 5.45. The van der Waals surface area contributed by atoms with Crippen LogP contribution in [0.4, 0.5) is 0 Å². The van der Waals surface area contributed by atoms with Gasteiger partial charge in [-0.3, -0.25) is 14.5 Å². The Balaban J connectivity index is 1.89. The summed E-state index contributed by atoms with van der Waals surface area (Å²) in [6, 6.07) is 0.0272. The molecule has 2 atom stereocenters. The third kappa shape index (κ3) is 2.18. The standard InChI is InChI=1S/C10H17N3O2/c1-13-9(14)5-8(10(13)15)12-7-3-2-4-11-6-7/h7-8,11-12H,2-6H2,1H3. The van der Waals surface area contributed by atoms with Gasteiger partial charge in [-0.25, -0.2) is 0 Å². The van der Waals surface area contributed by atoms with Crippen LogP contribution in [-0.2, 0) is 9.59 Å². The number of piperidine rings is 1. The number of nitrogens with zero attached hydrogens (tertiary/aromatic N) is 1. The van der Waals surface area contributed by atoms with Gasteiger partial charge in [-0.15, -0.1) is 0 Å². The van der Waals surface area contributed by atoms with E-state index in [1.807, 2.05) is 0 Å². The number of hydrogen-bond acceptors (Lipinski definition) is 4. The summed E-state index contributed by atoms with van der Waals surface area (Å²) < 4.78 is 0. The Kier molecular flexibility index (Phi) is 3.02. The van der Waals surface area contributed by atoms with Crippen molar-refractivity contribution in [3.63, 3.8) is 0 Å². The maximum absolute atomic E-state index is 11.6. The molecule has 15 heavy (non-hydrogen) atoms. The first-order valence-corrected chi connectivity index (χ1v) is 5.45. The summed E-state index contributed by atoms with van der Waals surface area (Å²) in [5.41, 5.74) is 0. The number of carbonyl (C=O) groups is 2. The summed E-state index contributed by atoms with van der Waals surface area (Å²) >= 11 is 0. The van der Waals surface area contributed by atoms with E-state index in [9.17, 15) is 9.59 Å². The Morgan fingerprint density at radius 2 is 2.27 bits per heavy atom. The van der Waals surface area contributed by atoms with E-state index >= 15 is 0 Å². The number of carbonyl (C=O) groups excluding carboxylic acids is 2. The lowest BCUT2D eigenvalue weighted by molar-refractivity contribution is -0.137. The minimum atomic E-state index is -0.299. The van der Waals surface area contributed by atoms with Crippen molar-refractivity contribution in [3.05, 3.63) is 0 Å². The molecule has 2 amide bonds. The molecule has 2 heterocycles.